The van der Waals surface area contributed by atoms with Crippen LogP contribution in [0, 0.1) is 11.8 Å². The van der Waals surface area contributed by atoms with Crippen molar-refractivity contribution in [1.29, 1.82) is 0 Å². The SMILES string of the molecule is CC(CC1CCC1)NC1CN2CCC1CC2. The van der Waals surface area contributed by atoms with Gasteiger partial charge in [-0.2, -0.15) is 0 Å². The number of rotatable bonds is 4. The van der Waals surface area contributed by atoms with Crippen LogP contribution in [-0.2, 0) is 0 Å². The highest BCUT2D eigenvalue weighted by Crippen LogP contribution is 2.32. The lowest BCUT2D eigenvalue weighted by Crippen LogP contribution is -2.57. The van der Waals surface area contributed by atoms with Crippen molar-refractivity contribution in [3.63, 3.8) is 0 Å². The first-order valence-corrected chi connectivity index (χ1v) is 7.29. The average molecular weight is 222 g/mol. The van der Waals surface area contributed by atoms with Gasteiger partial charge in [0.05, 0.1) is 0 Å². The lowest BCUT2D eigenvalue weighted by molar-refractivity contribution is 0.0651. The standard InChI is InChI=1S/C14H26N2/c1-11(9-12-3-2-4-12)15-14-10-16-7-5-13(14)6-8-16/h11-15H,2-10H2,1H3. The Morgan fingerprint density at radius 1 is 1.19 bits per heavy atom. The van der Waals surface area contributed by atoms with Crippen molar-refractivity contribution < 1.29 is 0 Å². The van der Waals surface area contributed by atoms with Crippen LogP contribution in [0.25, 0.3) is 0 Å². The van der Waals surface area contributed by atoms with Crippen LogP contribution in [0.3, 0.4) is 0 Å². The second-order valence-corrected chi connectivity index (χ2v) is 6.34. The lowest BCUT2D eigenvalue weighted by atomic mass is 9.80. The van der Waals surface area contributed by atoms with Crippen LogP contribution >= 0.6 is 0 Å². The van der Waals surface area contributed by atoms with Gasteiger partial charge in [0.25, 0.3) is 0 Å². The van der Waals surface area contributed by atoms with Crippen LogP contribution in [0.15, 0.2) is 0 Å². The quantitative estimate of drug-likeness (QED) is 0.785. The maximum absolute atomic E-state index is 3.91. The van der Waals surface area contributed by atoms with Gasteiger partial charge in [-0.15, -0.1) is 0 Å². The third-order valence-electron chi connectivity index (χ3n) is 5.07. The van der Waals surface area contributed by atoms with E-state index >= 15 is 0 Å². The summed E-state index contributed by atoms with van der Waals surface area (Å²) in [6.45, 7) is 6.44. The number of hydrogen-bond acceptors (Lipinski definition) is 2. The van der Waals surface area contributed by atoms with Crippen molar-refractivity contribution in [3.8, 4) is 0 Å². The monoisotopic (exact) mass is 222 g/mol. The Labute approximate surface area is 99.8 Å². The van der Waals surface area contributed by atoms with Crippen molar-refractivity contribution in [2.45, 2.75) is 57.5 Å². The van der Waals surface area contributed by atoms with Gasteiger partial charge in [0, 0.05) is 18.6 Å². The van der Waals surface area contributed by atoms with Gasteiger partial charge in [-0.25, -0.2) is 0 Å². The molecule has 1 saturated carbocycles. The molecule has 3 heterocycles. The average Bonchev–Trinajstić information content (AvgIpc) is 2.25. The molecule has 0 amide bonds. The summed E-state index contributed by atoms with van der Waals surface area (Å²) in [7, 11) is 0. The van der Waals surface area contributed by atoms with Gasteiger partial charge in [-0.1, -0.05) is 19.3 Å². The molecule has 0 spiro atoms. The van der Waals surface area contributed by atoms with Crippen LogP contribution in [-0.4, -0.2) is 36.6 Å². The smallest absolute Gasteiger partial charge is 0.0226 e. The van der Waals surface area contributed by atoms with E-state index in [4.69, 9.17) is 0 Å². The molecule has 0 aromatic heterocycles. The second kappa shape index (κ2) is 4.66. The summed E-state index contributed by atoms with van der Waals surface area (Å²) in [4.78, 5) is 2.65. The van der Waals surface area contributed by atoms with Crippen molar-refractivity contribution >= 4 is 0 Å². The predicted octanol–water partition coefficient (Wildman–Crippen LogP) is 2.25. The third kappa shape index (κ3) is 2.28. The van der Waals surface area contributed by atoms with Crippen LogP contribution in [0.2, 0.25) is 0 Å². The van der Waals surface area contributed by atoms with E-state index in [1.807, 2.05) is 0 Å². The van der Waals surface area contributed by atoms with Gasteiger partial charge >= 0.3 is 0 Å². The first-order chi connectivity index (χ1) is 7.81. The molecule has 4 fully saturated rings. The summed E-state index contributed by atoms with van der Waals surface area (Å²) in [5.74, 6) is 2.03. The summed E-state index contributed by atoms with van der Waals surface area (Å²) in [6, 6.07) is 1.55. The van der Waals surface area contributed by atoms with Crippen molar-refractivity contribution in [2.75, 3.05) is 19.6 Å². The van der Waals surface area contributed by atoms with E-state index in [2.05, 4.69) is 17.1 Å². The summed E-state index contributed by atoms with van der Waals surface area (Å²) in [6.07, 6.45) is 8.76. The summed E-state index contributed by atoms with van der Waals surface area (Å²) >= 11 is 0. The highest BCUT2D eigenvalue weighted by Gasteiger charge is 2.34. The number of fused-ring (bicyclic) bond motifs is 3. The van der Waals surface area contributed by atoms with E-state index in [1.165, 1.54) is 58.2 Å². The van der Waals surface area contributed by atoms with Crippen LogP contribution < -0.4 is 5.32 Å². The Morgan fingerprint density at radius 2 is 1.94 bits per heavy atom. The summed E-state index contributed by atoms with van der Waals surface area (Å²) < 4.78 is 0. The van der Waals surface area contributed by atoms with E-state index < -0.39 is 0 Å². The second-order valence-electron chi connectivity index (χ2n) is 6.34. The normalized spacial score (nSPS) is 40.7. The maximum atomic E-state index is 3.91. The molecule has 2 unspecified atom stereocenters. The van der Waals surface area contributed by atoms with Gasteiger partial charge in [-0.05, 0) is 51.1 Å². The maximum Gasteiger partial charge on any atom is 0.0226 e. The van der Waals surface area contributed by atoms with E-state index in [9.17, 15) is 0 Å². The fourth-order valence-electron chi connectivity index (χ4n) is 3.82. The molecular weight excluding hydrogens is 196 g/mol. The minimum Gasteiger partial charge on any atom is -0.310 e. The Kier molecular flexibility index (Phi) is 3.21. The Balaban J connectivity index is 1.46. The molecule has 1 N–H and O–H groups in total. The molecule has 4 rings (SSSR count). The fourth-order valence-corrected chi connectivity index (χ4v) is 3.82. The Bertz CT molecular complexity index is 229. The summed E-state index contributed by atoms with van der Waals surface area (Å²) in [5, 5.41) is 3.91. The molecule has 4 aliphatic rings. The number of nitrogens with zero attached hydrogens (tertiary/aromatic N) is 1. The van der Waals surface area contributed by atoms with Crippen molar-refractivity contribution in [2.24, 2.45) is 11.8 Å². The molecule has 3 saturated heterocycles. The zero-order chi connectivity index (χ0) is 11.0. The van der Waals surface area contributed by atoms with Gasteiger partial charge in [0.2, 0.25) is 0 Å². The third-order valence-corrected chi connectivity index (χ3v) is 5.07. The molecule has 0 radical (unpaired) electrons. The zero-order valence-electron chi connectivity index (χ0n) is 10.6. The van der Waals surface area contributed by atoms with E-state index in [0.717, 1.165) is 23.9 Å². The molecule has 0 aromatic carbocycles. The predicted molar refractivity (Wildman–Crippen MR) is 67.5 cm³/mol. The molecule has 2 heteroatoms. The van der Waals surface area contributed by atoms with Gasteiger partial charge in [0.1, 0.15) is 0 Å². The van der Waals surface area contributed by atoms with E-state index in [0.29, 0.717) is 0 Å². The van der Waals surface area contributed by atoms with Crippen LogP contribution in [0.1, 0.15) is 45.4 Å². The van der Waals surface area contributed by atoms with Crippen molar-refractivity contribution in [3.05, 3.63) is 0 Å². The molecule has 3 aliphatic heterocycles. The Hall–Kier alpha value is -0.0800. The van der Waals surface area contributed by atoms with Gasteiger partial charge < -0.3 is 10.2 Å². The number of piperidine rings is 3. The number of nitrogens with one attached hydrogen (secondary N) is 1. The highest BCUT2D eigenvalue weighted by atomic mass is 15.2. The number of hydrogen-bond donors (Lipinski definition) is 1. The van der Waals surface area contributed by atoms with E-state index in [-0.39, 0.29) is 0 Å². The Morgan fingerprint density at radius 3 is 2.44 bits per heavy atom. The van der Waals surface area contributed by atoms with Gasteiger partial charge in [0.15, 0.2) is 0 Å². The van der Waals surface area contributed by atoms with Crippen molar-refractivity contribution in [1.82, 2.24) is 10.2 Å². The van der Waals surface area contributed by atoms with Crippen LogP contribution in [0.5, 0.6) is 0 Å². The molecule has 92 valence electrons. The van der Waals surface area contributed by atoms with Gasteiger partial charge in [-0.3, -0.25) is 0 Å². The first kappa shape index (κ1) is 11.0. The minimum absolute atomic E-state index is 0.746. The first-order valence-electron chi connectivity index (χ1n) is 7.29. The zero-order valence-corrected chi connectivity index (χ0v) is 10.6. The molecule has 0 aromatic rings. The lowest BCUT2D eigenvalue weighted by Gasteiger charge is -2.46. The molecule has 16 heavy (non-hydrogen) atoms. The summed E-state index contributed by atoms with van der Waals surface area (Å²) in [5.41, 5.74) is 0. The molecule has 2 nitrogen and oxygen atoms in total. The topological polar surface area (TPSA) is 15.3 Å². The molecule has 1 aliphatic carbocycles. The fraction of sp³-hybridized carbons (Fsp3) is 1.00. The highest BCUT2D eigenvalue weighted by molar-refractivity contribution is 4.92. The largest absolute Gasteiger partial charge is 0.310 e. The van der Waals surface area contributed by atoms with E-state index in [1.54, 1.807) is 0 Å². The molecule has 2 bridgehead atoms. The molecule has 2 atom stereocenters. The molecular formula is C14H26N2. The minimum atomic E-state index is 0.746. The van der Waals surface area contributed by atoms with Crippen LogP contribution in [0.4, 0.5) is 0 Å².